The zero-order chi connectivity index (χ0) is 23.8. The van der Waals surface area contributed by atoms with Gasteiger partial charge < -0.3 is 4.42 Å². The number of anilines is 1. The monoisotopic (exact) mass is 490 g/mol. The van der Waals surface area contributed by atoms with Gasteiger partial charge in [-0.05, 0) is 49.2 Å². The summed E-state index contributed by atoms with van der Waals surface area (Å²) in [5.74, 6) is -0.321. The van der Waals surface area contributed by atoms with Gasteiger partial charge in [-0.1, -0.05) is 55.5 Å². The predicted molar refractivity (Wildman–Crippen MR) is 128 cm³/mol. The highest BCUT2D eigenvalue weighted by Gasteiger charge is 2.24. The van der Waals surface area contributed by atoms with E-state index >= 15 is 0 Å². The summed E-state index contributed by atoms with van der Waals surface area (Å²) in [5.41, 5.74) is 0.817. The van der Waals surface area contributed by atoms with Crippen molar-refractivity contribution in [3.05, 3.63) is 59.1 Å². The van der Waals surface area contributed by atoms with Crippen molar-refractivity contribution in [2.45, 2.75) is 44.4 Å². The lowest BCUT2D eigenvalue weighted by molar-refractivity contribution is 0.102. The van der Waals surface area contributed by atoms with E-state index in [0.717, 1.165) is 25.7 Å². The Morgan fingerprint density at radius 1 is 1.00 bits per heavy atom. The second kappa shape index (κ2) is 11.4. The molecule has 2 aromatic carbocycles. The van der Waals surface area contributed by atoms with Crippen molar-refractivity contribution in [3.63, 3.8) is 0 Å². The van der Waals surface area contributed by atoms with Gasteiger partial charge in [0.15, 0.2) is 0 Å². The van der Waals surface area contributed by atoms with E-state index in [2.05, 4.69) is 15.5 Å². The summed E-state index contributed by atoms with van der Waals surface area (Å²) in [4.78, 5) is 12.7. The van der Waals surface area contributed by atoms with Gasteiger partial charge in [-0.25, -0.2) is 8.42 Å². The summed E-state index contributed by atoms with van der Waals surface area (Å²) < 4.78 is 33.1. The third kappa shape index (κ3) is 6.19. The van der Waals surface area contributed by atoms with Crippen LogP contribution in [0, 0.1) is 0 Å². The number of carbonyl (C=O) groups excluding carboxylic acids is 1. The molecule has 1 heterocycles. The summed E-state index contributed by atoms with van der Waals surface area (Å²) >= 11 is 6.13. The molecule has 176 valence electrons. The standard InChI is InChI=1S/C23H27ClN4O4S/c1-3-5-15-28(16-6-4-2)33(30,31)18-13-11-17(12-14-18)21(29)25-23-27-26-22(32-23)19-9-7-8-10-20(19)24/h7-14H,3-6,15-16H2,1-2H3,(H,25,27,29). The Hall–Kier alpha value is -2.75. The van der Waals surface area contributed by atoms with E-state index in [0.29, 0.717) is 23.7 Å². The van der Waals surface area contributed by atoms with Crippen molar-refractivity contribution in [2.75, 3.05) is 18.4 Å². The highest BCUT2D eigenvalue weighted by molar-refractivity contribution is 7.89. The van der Waals surface area contributed by atoms with E-state index in [1.165, 1.54) is 28.6 Å². The molecular formula is C23H27ClN4O4S. The van der Waals surface area contributed by atoms with Gasteiger partial charge in [0, 0.05) is 18.7 Å². The average molecular weight is 491 g/mol. The highest BCUT2D eigenvalue weighted by atomic mass is 35.5. The lowest BCUT2D eigenvalue weighted by atomic mass is 10.2. The van der Waals surface area contributed by atoms with E-state index in [1.54, 1.807) is 24.3 Å². The third-order valence-electron chi connectivity index (χ3n) is 5.03. The number of rotatable bonds is 11. The molecule has 10 heteroatoms. The number of nitrogens with one attached hydrogen (secondary N) is 1. The first-order chi connectivity index (χ1) is 15.9. The number of unbranched alkanes of at least 4 members (excludes halogenated alkanes) is 2. The molecule has 3 aromatic rings. The van der Waals surface area contributed by atoms with Crippen LogP contribution in [0.3, 0.4) is 0 Å². The minimum atomic E-state index is -3.63. The van der Waals surface area contributed by atoms with Gasteiger partial charge in [-0.2, -0.15) is 4.31 Å². The zero-order valence-corrected chi connectivity index (χ0v) is 20.2. The van der Waals surface area contributed by atoms with Crippen molar-refractivity contribution in [1.82, 2.24) is 14.5 Å². The number of carbonyl (C=O) groups is 1. The van der Waals surface area contributed by atoms with Crippen molar-refractivity contribution in [3.8, 4) is 11.5 Å². The maximum atomic E-state index is 13.1. The summed E-state index contributed by atoms with van der Waals surface area (Å²) in [6, 6.07) is 12.7. The Kier molecular flexibility index (Phi) is 8.60. The Bertz CT molecular complexity index is 1170. The van der Waals surface area contributed by atoms with Crippen LogP contribution in [0.15, 0.2) is 57.8 Å². The van der Waals surface area contributed by atoms with Gasteiger partial charge in [0.05, 0.1) is 15.5 Å². The highest BCUT2D eigenvalue weighted by Crippen LogP contribution is 2.27. The first-order valence-electron chi connectivity index (χ1n) is 10.9. The minimum Gasteiger partial charge on any atom is -0.403 e. The number of halogens is 1. The van der Waals surface area contributed by atoms with Crippen LogP contribution in [0.2, 0.25) is 5.02 Å². The zero-order valence-electron chi connectivity index (χ0n) is 18.6. The fourth-order valence-corrected chi connectivity index (χ4v) is 4.87. The molecule has 0 fully saturated rings. The van der Waals surface area contributed by atoms with Crippen LogP contribution in [0.1, 0.15) is 49.9 Å². The lowest BCUT2D eigenvalue weighted by Gasteiger charge is -2.22. The fourth-order valence-electron chi connectivity index (χ4n) is 3.13. The van der Waals surface area contributed by atoms with E-state index in [4.69, 9.17) is 16.0 Å². The molecule has 0 aliphatic carbocycles. The second-order valence-corrected chi connectivity index (χ2v) is 9.83. The number of nitrogens with zero attached hydrogens (tertiary/aromatic N) is 3. The van der Waals surface area contributed by atoms with E-state index in [9.17, 15) is 13.2 Å². The maximum absolute atomic E-state index is 13.1. The molecule has 1 aromatic heterocycles. The molecular weight excluding hydrogens is 464 g/mol. The average Bonchev–Trinajstić information content (AvgIpc) is 3.27. The Morgan fingerprint density at radius 2 is 1.64 bits per heavy atom. The van der Waals surface area contributed by atoms with Crippen molar-refractivity contribution in [2.24, 2.45) is 0 Å². The summed E-state index contributed by atoms with van der Waals surface area (Å²) in [7, 11) is -3.63. The Labute approximate surface area is 199 Å². The fraction of sp³-hybridized carbons (Fsp3) is 0.348. The smallest absolute Gasteiger partial charge is 0.322 e. The number of amides is 1. The van der Waals surface area contributed by atoms with Gasteiger partial charge in [-0.3, -0.25) is 10.1 Å². The van der Waals surface area contributed by atoms with Gasteiger partial charge >= 0.3 is 6.01 Å². The van der Waals surface area contributed by atoms with Crippen LogP contribution in [-0.2, 0) is 10.0 Å². The molecule has 0 bridgehead atoms. The molecule has 1 amide bonds. The molecule has 0 atom stereocenters. The topological polar surface area (TPSA) is 105 Å². The minimum absolute atomic E-state index is 0.0862. The molecule has 33 heavy (non-hydrogen) atoms. The first-order valence-corrected chi connectivity index (χ1v) is 12.7. The largest absolute Gasteiger partial charge is 0.403 e. The first kappa shape index (κ1) is 24.9. The van der Waals surface area contributed by atoms with Crippen molar-refractivity contribution in [1.29, 1.82) is 0 Å². The summed E-state index contributed by atoms with van der Waals surface area (Å²) in [5, 5.41) is 10.7. The molecule has 0 saturated carbocycles. The van der Waals surface area contributed by atoms with Gasteiger partial charge in [-0.15, -0.1) is 5.10 Å². The molecule has 0 aliphatic heterocycles. The van der Waals surface area contributed by atoms with E-state index in [-0.39, 0.29) is 22.4 Å². The van der Waals surface area contributed by atoms with Crippen LogP contribution in [0.5, 0.6) is 0 Å². The van der Waals surface area contributed by atoms with Crippen LogP contribution in [-0.4, -0.2) is 41.9 Å². The molecule has 1 N–H and O–H groups in total. The van der Waals surface area contributed by atoms with Crippen molar-refractivity contribution >= 4 is 33.5 Å². The van der Waals surface area contributed by atoms with Gasteiger partial charge in [0.2, 0.25) is 10.0 Å². The van der Waals surface area contributed by atoms with Crippen LogP contribution >= 0.6 is 11.6 Å². The number of hydrogen-bond donors (Lipinski definition) is 1. The number of hydrogen-bond acceptors (Lipinski definition) is 6. The van der Waals surface area contributed by atoms with Crippen LogP contribution in [0.25, 0.3) is 11.5 Å². The third-order valence-corrected chi connectivity index (χ3v) is 7.27. The van der Waals surface area contributed by atoms with Gasteiger partial charge in [0.1, 0.15) is 0 Å². The molecule has 0 radical (unpaired) electrons. The van der Waals surface area contributed by atoms with Crippen molar-refractivity contribution < 1.29 is 17.6 Å². The normalized spacial score (nSPS) is 11.6. The van der Waals surface area contributed by atoms with Crippen LogP contribution < -0.4 is 5.32 Å². The number of aromatic nitrogens is 2. The lowest BCUT2D eigenvalue weighted by Crippen LogP contribution is -2.33. The second-order valence-electron chi connectivity index (χ2n) is 7.48. The SMILES string of the molecule is CCCCN(CCCC)S(=O)(=O)c1ccc(C(=O)Nc2nnc(-c3ccccc3Cl)o2)cc1. The molecule has 0 spiro atoms. The van der Waals surface area contributed by atoms with E-state index in [1.807, 2.05) is 13.8 Å². The van der Waals surface area contributed by atoms with Gasteiger partial charge in [0.25, 0.3) is 11.8 Å². The molecule has 0 saturated heterocycles. The molecule has 3 rings (SSSR count). The van der Waals surface area contributed by atoms with Crippen LogP contribution in [0.4, 0.5) is 6.01 Å². The quantitative estimate of drug-likeness (QED) is 0.394. The predicted octanol–water partition coefficient (Wildman–Crippen LogP) is 5.23. The molecule has 8 nitrogen and oxygen atoms in total. The Balaban J connectivity index is 1.71. The maximum Gasteiger partial charge on any atom is 0.322 e. The Morgan fingerprint density at radius 3 is 2.24 bits per heavy atom. The number of benzene rings is 2. The molecule has 0 aliphatic rings. The summed E-state index contributed by atoms with van der Waals surface area (Å²) in [6.45, 7) is 5.01. The number of sulfonamides is 1. The van der Waals surface area contributed by atoms with E-state index < -0.39 is 15.9 Å². The molecule has 0 unspecified atom stereocenters. The summed E-state index contributed by atoms with van der Waals surface area (Å²) in [6.07, 6.45) is 3.41.